The van der Waals surface area contributed by atoms with Crippen LogP contribution in [0.1, 0.15) is 74.2 Å². The van der Waals surface area contributed by atoms with Crippen molar-refractivity contribution in [3.8, 4) is 11.8 Å². The zero-order valence-electron chi connectivity index (χ0n) is 15.2. The summed E-state index contributed by atoms with van der Waals surface area (Å²) in [4.78, 5) is 23.3. The molecule has 1 amide bonds. The number of rotatable bonds is 6. The van der Waals surface area contributed by atoms with Crippen molar-refractivity contribution in [3.05, 3.63) is 35.4 Å². The van der Waals surface area contributed by atoms with Gasteiger partial charge in [-0.1, -0.05) is 38.0 Å². The van der Waals surface area contributed by atoms with Crippen molar-refractivity contribution >= 4 is 11.9 Å². The lowest BCUT2D eigenvalue weighted by atomic mass is 9.85. The minimum atomic E-state index is -1.27. The fourth-order valence-electron chi connectivity index (χ4n) is 3.05. The van der Waals surface area contributed by atoms with Crippen molar-refractivity contribution in [1.29, 1.82) is 0 Å². The van der Waals surface area contributed by atoms with Crippen LogP contribution in [0.4, 0.5) is 0 Å². The summed E-state index contributed by atoms with van der Waals surface area (Å²) >= 11 is 0. The van der Waals surface area contributed by atoms with E-state index in [1.54, 1.807) is 24.3 Å². The van der Waals surface area contributed by atoms with Crippen molar-refractivity contribution < 1.29 is 19.8 Å². The number of aliphatic carboxylic acids is 1. The van der Waals surface area contributed by atoms with E-state index < -0.39 is 23.5 Å². The Hall–Kier alpha value is -2.32. The summed E-state index contributed by atoms with van der Waals surface area (Å²) in [5.41, 5.74) is 0.174. The van der Waals surface area contributed by atoms with Gasteiger partial charge in [0.2, 0.25) is 0 Å². The van der Waals surface area contributed by atoms with Crippen LogP contribution in [-0.2, 0) is 4.79 Å². The normalized spacial score (nSPS) is 16.8. The Balaban J connectivity index is 2.00. The first-order chi connectivity index (χ1) is 12.4. The molecule has 0 radical (unpaired) electrons. The highest BCUT2D eigenvalue weighted by atomic mass is 16.4. The molecule has 1 atom stereocenters. The van der Waals surface area contributed by atoms with E-state index in [0.29, 0.717) is 36.8 Å². The van der Waals surface area contributed by atoms with Crippen molar-refractivity contribution in [2.75, 3.05) is 0 Å². The van der Waals surface area contributed by atoms with Gasteiger partial charge in [-0.3, -0.25) is 4.79 Å². The molecule has 5 heteroatoms. The summed E-state index contributed by atoms with van der Waals surface area (Å²) in [5.74, 6) is 4.21. The van der Waals surface area contributed by atoms with Crippen LogP contribution in [0.2, 0.25) is 0 Å². The second kappa shape index (κ2) is 9.40. The first-order valence-corrected chi connectivity index (χ1v) is 9.31. The Morgan fingerprint density at radius 3 is 2.46 bits per heavy atom. The van der Waals surface area contributed by atoms with Gasteiger partial charge in [-0.05, 0) is 56.4 Å². The third kappa shape index (κ3) is 5.89. The lowest BCUT2D eigenvalue weighted by Crippen LogP contribution is -2.47. The van der Waals surface area contributed by atoms with Crippen molar-refractivity contribution in [3.63, 3.8) is 0 Å². The molecule has 2 rings (SSSR count). The number of aliphatic hydroxyl groups is 1. The average Bonchev–Trinajstić information content (AvgIpc) is 2.64. The summed E-state index contributed by atoms with van der Waals surface area (Å²) in [7, 11) is 0. The molecule has 0 aromatic heterocycles. The SMILES string of the molecule is CCCC[C@H](NC(=O)c1ccc(C#CC2(O)CCCCC2)cc1)C(=O)[O-]. The van der Waals surface area contributed by atoms with Crippen LogP contribution in [0.15, 0.2) is 24.3 Å². The molecule has 140 valence electrons. The molecular formula is C21H26NO4-. The smallest absolute Gasteiger partial charge is 0.251 e. The summed E-state index contributed by atoms with van der Waals surface area (Å²) in [6.45, 7) is 1.96. The molecule has 1 aromatic carbocycles. The Bertz CT molecular complexity index is 678. The first kappa shape index (κ1) is 20.0. The summed E-state index contributed by atoms with van der Waals surface area (Å²) in [6, 6.07) is 5.64. The number of carboxylic acid groups (broad SMARTS) is 1. The van der Waals surface area contributed by atoms with E-state index in [-0.39, 0.29) is 0 Å². The molecule has 2 N–H and O–H groups in total. The van der Waals surface area contributed by atoms with E-state index in [2.05, 4.69) is 17.2 Å². The first-order valence-electron chi connectivity index (χ1n) is 9.31. The molecule has 0 bridgehead atoms. The third-order valence-electron chi connectivity index (χ3n) is 4.70. The molecule has 0 heterocycles. The van der Waals surface area contributed by atoms with E-state index in [9.17, 15) is 19.8 Å². The number of unbranched alkanes of at least 4 members (excludes halogenated alkanes) is 1. The van der Waals surface area contributed by atoms with Gasteiger partial charge in [-0.2, -0.15) is 0 Å². The molecule has 26 heavy (non-hydrogen) atoms. The lowest BCUT2D eigenvalue weighted by Gasteiger charge is -2.26. The van der Waals surface area contributed by atoms with E-state index in [1.807, 2.05) is 6.92 Å². The Morgan fingerprint density at radius 2 is 1.88 bits per heavy atom. The average molecular weight is 356 g/mol. The van der Waals surface area contributed by atoms with Gasteiger partial charge in [0.25, 0.3) is 5.91 Å². The van der Waals surface area contributed by atoms with Crippen molar-refractivity contribution in [2.45, 2.75) is 69.9 Å². The second-order valence-corrected chi connectivity index (χ2v) is 6.91. The fourth-order valence-corrected chi connectivity index (χ4v) is 3.05. The van der Waals surface area contributed by atoms with E-state index in [1.165, 1.54) is 0 Å². The molecule has 1 aliphatic rings. The van der Waals surface area contributed by atoms with Gasteiger partial charge in [-0.25, -0.2) is 0 Å². The number of hydrogen-bond donors (Lipinski definition) is 2. The maximum absolute atomic E-state index is 12.2. The minimum absolute atomic E-state index is 0.354. The molecule has 1 aromatic rings. The quantitative estimate of drug-likeness (QED) is 0.760. The van der Waals surface area contributed by atoms with Crippen LogP contribution >= 0.6 is 0 Å². The number of amides is 1. The van der Waals surface area contributed by atoms with Crippen LogP contribution in [-0.4, -0.2) is 28.6 Å². The minimum Gasteiger partial charge on any atom is -0.548 e. The van der Waals surface area contributed by atoms with Gasteiger partial charge < -0.3 is 20.3 Å². The second-order valence-electron chi connectivity index (χ2n) is 6.91. The molecule has 0 spiro atoms. The standard InChI is InChI=1S/C21H27NO4/c1-2-3-7-18(20(24)25)22-19(23)17-10-8-16(9-11-17)12-15-21(26)13-5-4-6-14-21/h8-11,18,26H,2-7,13-14H2,1H3,(H,22,23)(H,24,25)/p-1/t18-/m0/s1. The lowest BCUT2D eigenvalue weighted by molar-refractivity contribution is -0.308. The number of nitrogens with one attached hydrogen (secondary N) is 1. The third-order valence-corrected chi connectivity index (χ3v) is 4.70. The molecule has 0 unspecified atom stereocenters. The van der Waals surface area contributed by atoms with Crippen LogP contribution < -0.4 is 10.4 Å². The summed E-state index contributed by atoms with van der Waals surface area (Å²) in [6.07, 6.45) is 6.41. The van der Waals surface area contributed by atoms with E-state index in [4.69, 9.17) is 0 Å². The van der Waals surface area contributed by atoms with Gasteiger partial charge in [-0.15, -0.1) is 0 Å². The molecule has 1 fully saturated rings. The topological polar surface area (TPSA) is 89.5 Å². The fraction of sp³-hybridized carbons (Fsp3) is 0.524. The van der Waals surface area contributed by atoms with Gasteiger partial charge in [0.15, 0.2) is 0 Å². The molecule has 1 aliphatic carbocycles. The van der Waals surface area contributed by atoms with Gasteiger partial charge in [0.1, 0.15) is 5.60 Å². The summed E-state index contributed by atoms with van der Waals surface area (Å²) < 4.78 is 0. The number of carbonyl (C=O) groups is 2. The number of carbonyl (C=O) groups excluding carboxylic acids is 2. The summed E-state index contributed by atoms with van der Waals surface area (Å²) in [5, 5.41) is 24.0. The van der Waals surface area contributed by atoms with Gasteiger partial charge in [0, 0.05) is 11.1 Å². The Labute approximate surface area is 154 Å². The van der Waals surface area contributed by atoms with Crippen LogP contribution in [0.25, 0.3) is 0 Å². The van der Waals surface area contributed by atoms with Gasteiger partial charge in [0.05, 0.1) is 12.0 Å². The van der Waals surface area contributed by atoms with Crippen LogP contribution in [0, 0.1) is 11.8 Å². The van der Waals surface area contributed by atoms with Crippen molar-refractivity contribution in [2.24, 2.45) is 0 Å². The molecule has 0 aliphatic heterocycles. The number of hydrogen-bond acceptors (Lipinski definition) is 4. The number of carboxylic acids is 1. The zero-order valence-corrected chi connectivity index (χ0v) is 15.2. The highest BCUT2D eigenvalue weighted by molar-refractivity contribution is 5.96. The Kier molecular flexibility index (Phi) is 7.23. The van der Waals surface area contributed by atoms with Crippen molar-refractivity contribution in [1.82, 2.24) is 5.32 Å². The van der Waals surface area contributed by atoms with Crippen LogP contribution in [0.5, 0.6) is 0 Å². The zero-order chi connectivity index (χ0) is 19.0. The van der Waals surface area contributed by atoms with E-state index in [0.717, 1.165) is 25.7 Å². The molecule has 0 saturated heterocycles. The van der Waals surface area contributed by atoms with Crippen LogP contribution in [0.3, 0.4) is 0 Å². The molecular weight excluding hydrogens is 330 g/mol. The number of benzene rings is 1. The highest BCUT2D eigenvalue weighted by Gasteiger charge is 2.26. The maximum atomic E-state index is 12.2. The Morgan fingerprint density at radius 1 is 1.23 bits per heavy atom. The van der Waals surface area contributed by atoms with Gasteiger partial charge >= 0.3 is 0 Å². The maximum Gasteiger partial charge on any atom is 0.251 e. The predicted molar refractivity (Wildman–Crippen MR) is 97.1 cm³/mol. The van der Waals surface area contributed by atoms with E-state index >= 15 is 0 Å². The molecule has 1 saturated carbocycles. The monoisotopic (exact) mass is 356 g/mol. The largest absolute Gasteiger partial charge is 0.548 e. The predicted octanol–water partition coefficient (Wildman–Crippen LogP) is 1.77. The highest BCUT2D eigenvalue weighted by Crippen LogP contribution is 2.27. The molecule has 5 nitrogen and oxygen atoms in total.